The van der Waals surface area contributed by atoms with Crippen LogP contribution in [0.4, 0.5) is 0 Å². The first-order valence-electron chi connectivity index (χ1n) is 5.87. The summed E-state index contributed by atoms with van der Waals surface area (Å²) in [7, 11) is -2.24. The number of ether oxygens (including phenoxy) is 1. The van der Waals surface area contributed by atoms with Crippen LogP contribution in [-0.4, -0.2) is 38.5 Å². The molecule has 1 fully saturated rings. The van der Waals surface area contributed by atoms with Gasteiger partial charge in [0.05, 0.1) is 16.8 Å². The van der Waals surface area contributed by atoms with Crippen LogP contribution in [0.25, 0.3) is 0 Å². The number of hydrogen-bond donors (Lipinski definition) is 1. The fourth-order valence-corrected chi connectivity index (χ4v) is 4.39. The normalized spacial score (nSPS) is 26.1. The van der Waals surface area contributed by atoms with E-state index in [2.05, 4.69) is 0 Å². The smallest absolute Gasteiger partial charge is 0.313 e. The Morgan fingerprint density at radius 3 is 2.47 bits per heavy atom. The summed E-state index contributed by atoms with van der Waals surface area (Å²) in [6.45, 7) is 1.78. The highest BCUT2D eigenvalue weighted by Gasteiger charge is 2.67. The molecule has 2 atom stereocenters. The lowest BCUT2D eigenvalue weighted by Gasteiger charge is -2.11. The van der Waals surface area contributed by atoms with Gasteiger partial charge in [-0.15, -0.1) is 0 Å². The van der Waals surface area contributed by atoms with Crippen molar-refractivity contribution in [3.8, 4) is 0 Å². The monoisotopic (exact) mass is 284 g/mol. The molecule has 19 heavy (non-hydrogen) atoms. The molecule has 0 bridgehead atoms. The van der Waals surface area contributed by atoms with Crippen molar-refractivity contribution < 1.29 is 23.1 Å². The van der Waals surface area contributed by atoms with Crippen molar-refractivity contribution in [1.82, 2.24) is 0 Å². The Kier molecular flexibility index (Phi) is 3.40. The van der Waals surface area contributed by atoms with Crippen molar-refractivity contribution in [2.75, 3.05) is 13.7 Å². The summed E-state index contributed by atoms with van der Waals surface area (Å²) in [6, 6.07) is 6.44. The molecule has 1 aliphatic rings. The molecule has 1 aliphatic carbocycles. The molecule has 0 saturated heterocycles. The first-order valence-corrected chi connectivity index (χ1v) is 7.42. The van der Waals surface area contributed by atoms with Crippen molar-refractivity contribution in [1.29, 1.82) is 0 Å². The SMILES string of the molecule is COC[C@]1(C(=O)O)C[C@@H]1S(=O)(=O)c1ccc(C)cc1. The number of hydrogen-bond acceptors (Lipinski definition) is 4. The van der Waals surface area contributed by atoms with Gasteiger partial charge in [-0.3, -0.25) is 4.79 Å². The molecular weight excluding hydrogens is 268 g/mol. The zero-order chi connectivity index (χ0) is 14.3. The van der Waals surface area contributed by atoms with Gasteiger partial charge in [0.25, 0.3) is 0 Å². The Bertz CT molecular complexity index is 590. The summed E-state index contributed by atoms with van der Waals surface area (Å²) in [5.41, 5.74) is -0.338. The number of rotatable bonds is 5. The highest BCUT2D eigenvalue weighted by Crippen LogP contribution is 2.53. The molecule has 104 valence electrons. The van der Waals surface area contributed by atoms with Gasteiger partial charge in [-0.25, -0.2) is 8.42 Å². The molecule has 0 heterocycles. The van der Waals surface area contributed by atoms with E-state index >= 15 is 0 Å². The fourth-order valence-electron chi connectivity index (χ4n) is 2.27. The van der Waals surface area contributed by atoms with Crippen LogP contribution >= 0.6 is 0 Å². The van der Waals surface area contributed by atoms with E-state index in [1.807, 2.05) is 6.92 Å². The Morgan fingerprint density at radius 1 is 1.42 bits per heavy atom. The predicted molar refractivity (Wildman–Crippen MR) is 68.7 cm³/mol. The Labute approximate surface area is 112 Å². The first kappa shape index (κ1) is 14.0. The molecular formula is C13H16O5S. The topological polar surface area (TPSA) is 80.7 Å². The third-order valence-corrected chi connectivity index (χ3v) is 5.85. The number of carboxylic acids is 1. The average molecular weight is 284 g/mol. The highest BCUT2D eigenvalue weighted by atomic mass is 32.2. The minimum Gasteiger partial charge on any atom is -0.481 e. The molecule has 1 saturated carbocycles. The largest absolute Gasteiger partial charge is 0.481 e. The van der Waals surface area contributed by atoms with E-state index in [9.17, 15) is 18.3 Å². The highest BCUT2D eigenvalue weighted by molar-refractivity contribution is 7.92. The van der Waals surface area contributed by atoms with Gasteiger partial charge in [-0.2, -0.15) is 0 Å². The molecule has 5 nitrogen and oxygen atoms in total. The molecule has 1 aromatic rings. The summed E-state index contributed by atoms with van der Waals surface area (Å²) in [5, 5.41) is 8.31. The van der Waals surface area contributed by atoms with Crippen molar-refractivity contribution >= 4 is 15.8 Å². The van der Waals surface area contributed by atoms with Gasteiger partial charge in [-0.1, -0.05) is 17.7 Å². The maximum Gasteiger partial charge on any atom is 0.313 e. The number of aryl methyl sites for hydroxylation is 1. The van der Waals surface area contributed by atoms with Crippen LogP contribution < -0.4 is 0 Å². The third-order valence-electron chi connectivity index (χ3n) is 3.56. The molecule has 0 spiro atoms. The zero-order valence-corrected chi connectivity index (χ0v) is 11.6. The molecule has 0 radical (unpaired) electrons. The van der Waals surface area contributed by atoms with Gasteiger partial charge < -0.3 is 9.84 Å². The van der Waals surface area contributed by atoms with Crippen LogP contribution in [0.15, 0.2) is 29.2 Å². The maximum atomic E-state index is 12.4. The van der Waals surface area contributed by atoms with Crippen LogP contribution in [0.3, 0.4) is 0 Å². The second kappa shape index (κ2) is 4.61. The molecule has 2 rings (SSSR count). The number of carbonyl (C=O) groups is 1. The lowest BCUT2D eigenvalue weighted by atomic mass is 10.1. The lowest BCUT2D eigenvalue weighted by Crippen LogP contribution is -2.28. The van der Waals surface area contributed by atoms with Crippen molar-refractivity contribution in [2.24, 2.45) is 5.41 Å². The van der Waals surface area contributed by atoms with Gasteiger partial charge in [-0.05, 0) is 25.5 Å². The van der Waals surface area contributed by atoms with Gasteiger partial charge in [0.1, 0.15) is 5.41 Å². The first-order chi connectivity index (χ1) is 8.84. The van der Waals surface area contributed by atoms with Crippen LogP contribution in [0.1, 0.15) is 12.0 Å². The molecule has 0 amide bonds. The average Bonchev–Trinajstić information content (AvgIpc) is 3.07. The second-order valence-electron chi connectivity index (χ2n) is 4.95. The Balaban J connectivity index is 2.33. The molecule has 0 unspecified atom stereocenters. The van der Waals surface area contributed by atoms with E-state index in [-0.39, 0.29) is 17.9 Å². The van der Waals surface area contributed by atoms with Crippen LogP contribution in [-0.2, 0) is 19.4 Å². The Hall–Kier alpha value is -1.40. The van der Waals surface area contributed by atoms with Crippen LogP contribution in [0.5, 0.6) is 0 Å². The van der Waals surface area contributed by atoms with E-state index in [0.717, 1.165) is 5.56 Å². The summed E-state index contributed by atoms with van der Waals surface area (Å²) < 4.78 is 29.6. The van der Waals surface area contributed by atoms with Gasteiger partial charge >= 0.3 is 5.97 Å². The van der Waals surface area contributed by atoms with Crippen molar-refractivity contribution in [2.45, 2.75) is 23.5 Å². The van der Waals surface area contributed by atoms with Crippen molar-refractivity contribution in [3.05, 3.63) is 29.8 Å². The number of aliphatic carboxylic acids is 1. The molecule has 0 aliphatic heterocycles. The quantitative estimate of drug-likeness (QED) is 0.880. The summed E-state index contributed by atoms with van der Waals surface area (Å²) in [5.74, 6) is -1.12. The van der Waals surface area contributed by atoms with Crippen LogP contribution in [0.2, 0.25) is 0 Å². The summed E-state index contributed by atoms with van der Waals surface area (Å²) in [6.07, 6.45) is 0.104. The zero-order valence-electron chi connectivity index (χ0n) is 10.8. The summed E-state index contributed by atoms with van der Waals surface area (Å²) >= 11 is 0. The molecule has 0 aromatic heterocycles. The van der Waals surface area contributed by atoms with Gasteiger partial charge in [0.15, 0.2) is 9.84 Å². The molecule has 1 aromatic carbocycles. The van der Waals surface area contributed by atoms with Crippen LogP contribution in [0, 0.1) is 12.3 Å². The van der Waals surface area contributed by atoms with E-state index in [1.165, 1.54) is 19.2 Å². The minimum absolute atomic E-state index is 0.0852. The van der Waals surface area contributed by atoms with Gasteiger partial charge in [0.2, 0.25) is 0 Å². The van der Waals surface area contributed by atoms with E-state index in [4.69, 9.17) is 4.74 Å². The number of carboxylic acid groups (broad SMARTS) is 1. The minimum atomic E-state index is -3.62. The lowest BCUT2D eigenvalue weighted by molar-refractivity contribution is -0.145. The Morgan fingerprint density at radius 2 is 2.00 bits per heavy atom. The second-order valence-corrected chi connectivity index (χ2v) is 7.08. The van der Waals surface area contributed by atoms with E-state index in [0.29, 0.717) is 0 Å². The number of methoxy groups -OCH3 is 1. The third kappa shape index (κ3) is 2.26. The number of benzene rings is 1. The van der Waals surface area contributed by atoms with Crippen molar-refractivity contribution in [3.63, 3.8) is 0 Å². The summed E-state index contributed by atoms with van der Waals surface area (Å²) in [4.78, 5) is 11.4. The fraction of sp³-hybridized carbons (Fsp3) is 0.462. The van der Waals surface area contributed by atoms with E-state index < -0.39 is 26.5 Å². The standard InChI is InChI=1S/C13H16O5S/c1-9-3-5-10(6-4-9)19(16,17)11-7-13(11,8-18-2)12(14)15/h3-6,11H,7-8H2,1-2H3,(H,14,15)/t11-,13+/m0/s1. The predicted octanol–water partition coefficient (Wildman–Crippen LogP) is 1.26. The molecule has 6 heteroatoms. The molecule has 1 N–H and O–H groups in total. The number of sulfone groups is 1. The van der Waals surface area contributed by atoms with Gasteiger partial charge in [0, 0.05) is 7.11 Å². The van der Waals surface area contributed by atoms with E-state index in [1.54, 1.807) is 12.1 Å². The maximum absolute atomic E-state index is 12.4.